The van der Waals surface area contributed by atoms with Gasteiger partial charge >= 0.3 is 0 Å². The molecule has 0 spiro atoms. The van der Waals surface area contributed by atoms with Crippen LogP contribution in [0.1, 0.15) is 62.1 Å². The summed E-state index contributed by atoms with van der Waals surface area (Å²) in [6.45, 7) is 8.86. The van der Waals surface area contributed by atoms with E-state index in [-0.39, 0.29) is 35.7 Å². The number of rotatable bonds is 19. The van der Waals surface area contributed by atoms with Crippen LogP contribution in [0, 0.1) is 0 Å². The number of hydrogen-bond donors (Lipinski definition) is 4. The lowest BCUT2D eigenvalue weighted by Crippen LogP contribution is -2.72. The van der Waals surface area contributed by atoms with E-state index in [1.807, 2.05) is 83.8 Å². The molecule has 4 aliphatic heterocycles. The van der Waals surface area contributed by atoms with Crippen molar-refractivity contribution < 1.29 is 19.2 Å². The van der Waals surface area contributed by atoms with Crippen molar-refractivity contribution >= 4 is 23.5 Å². The van der Waals surface area contributed by atoms with Crippen LogP contribution >= 0.6 is 0 Å². The molecule has 7 atom stereocenters. The molecule has 11 heteroatoms. The number of nitrogens with two attached hydrogens (primary N) is 2. The highest BCUT2D eigenvalue weighted by Gasteiger charge is 2.51. The number of carbonyl (C=O) groups is 4. The van der Waals surface area contributed by atoms with E-state index in [1.54, 1.807) is 0 Å². The zero-order chi connectivity index (χ0) is 39.6. The average Bonchev–Trinajstić information content (AvgIpc) is 3.47. The first kappa shape index (κ1) is 40.8. The first-order valence-electron chi connectivity index (χ1n) is 20.3. The highest BCUT2D eigenvalue weighted by atomic mass is 16.2. The molecule has 3 aromatic rings. The number of piperidine rings is 1. The van der Waals surface area contributed by atoms with Gasteiger partial charge in [0.1, 0.15) is 17.9 Å². The number of likely N-dealkylation sites (tertiary alicyclic amines) is 1. The molecule has 3 amide bonds. The Hall–Kier alpha value is -4.84. The second kappa shape index (κ2) is 19.3. The zero-order valence-corrected chi connectivity index (χ0v) is 32.7. The second-order valence-electron chi connectivity index (χ2n) is 15.9. The molecule has 298 valence electrons. The Kier molecular flexibility index (Phi) is 14.1. The molecular formula is C45H59N7O4. The maximum Gasteiger partial charge on any atom is 0.245 e. The van der Waals surface area contributed by atoms with Crippen molar-refractivity contribution in [2.45, 2.75) is 107 Å². The van der Waals surface area contributed by atoms with Gasteiger partial charge in [0.05, 0.1) is 18.6 Å². The number of unbranched alkanes of at least 4 members (excludes halogenated alkanes) is 1. The third-order valence-electron chi connectivity index (χ3n) is 11.7. The third-order valence-corrected chi connectivity index (χ3v) is 11.7. The highest BCUT2D eigenvalue weighted by Crippen LogP contribution is 2.37. The van der Waals surface area contributed by atoms with Gasteiger partial charge in [0.2, 0.25) is 17.7 Å². The predicted molar refractivity (Wildman–Crippen MR) is 219 cm³/mol. The molecule has 0 aliphatic carbocycles. The Morgan fingerprint density at radius 2 is 1.39 bits per heavy atom. The average molecular weight is 762 g/mol. The first-order chi connectivity index (χ1) is 27.1. The second-order valence-corrected chi connectivity index (χ2v) is 15.9. The molecule has 3 aromatic carbocycles. The van der Waals surface area contributed by atoms with Gasteiger partial charge in [-0.25, -0.2) is 0 Å². The maximum atomic E-state index is 14.5. The number of carbonyl (C=O) groups excluding carboxylic acids is 4. The fourth-order valence-corrected chi connectivity index (χ4v) is 8.75. The fraction of sp³-hybridized carbons (Fsp3) is 0.467. The van der Waals surface area contributed by atoms with Crippen LogP contribution in [0.4, 0.5) is 0 Å². The number of Topliss-reactive ketones (excluding diaryl/α,β-unsaturated/α-hetero) is 1. The number of fused-ring (bicyclic) bond motifs is 2. The number of aryl methyl sites for hydroxylation is 1. The summed E-state index contributed by atoms with van der Waals surface area (Å²) >= 11 is 0. The van der Waals surface area contributed by atoms with Crippen LogP contribution in [-0.4, -0.2) is 107 Å². The van der Waals surface area contributed by atoms with Gasteiger partial charge in [0.25, 0.3) is 0 Å². The molecule has 11 nitrogen and oxygen atoms in total. The summed E-state index contributed by atoms with van der Waals surface area (Å²) in [5.74, 6) is -0.412. The molecule has 4 saturated heterocycles. The predicted octanol–water partition coefficient (Wildman–Crippen LogP) is 3.36. The lowest BCUT2D eigenvalue weighted by atomic mass is 9.85. The molecular weight excluding hydrogens is 703 g/mol. The topological polar surface area (TPSA) is 154 Å². The molecule has 0 saturated carbocycles. The Morgan fingerprint density at radius 1 is 0.804 bits per heavy atom. The number of nitrogens with zero attached hydrogens (tertiary/aromatic N) is 3. The van der Waals surface area contributed by atoms with Gasteiger partial charge < -0.3 is 31.9 Å². The number of amides is 3. The standard InChI is InChI=1S/C45H59N7O4/c1-31-24-40(48-44(55)41(26-35-18-10-5-11-19-35)49-43(54)39(47)25-34-16-8-4-9-17-34)32(2)51(31)42(20-12-13-23-46)45(56)52-36-27-37(52)29-50(28-36)30-38(53)22-21-33-14-6-3-7-15-33/h3-11,14-19,31,36-37,39-42H,2,12-13,20-30,46-47H2,1H3,(H,48,55)(H,49,54). The summed E-state index contributed by atoms with van der Waals surface area (Å²) in [5.41, 5.74) is 15.9. The summed E-state index contributed by atoms with van der Waals surface area (Å²) in [6, 6.07) is 26.8. The third kappa shape index (κ3) is 10.3. The zero-order valence-electron chi connectivity index (χ0n) is 32.7. The summed E-state index contributed by atoms with van der Waals surface area (Å²) in [5, 5.41) is 6.12. The summed E-state index contributed by atoms with van der Waals surface area (Å²) in [6.07, 6.45) is 5.63. The fourth-order valence-electron chi connectivity index (χ4n) is 8.75. The van der Waals surface area contributed by atoms with Gasteiger partial charge in [-0.2, -0.15) is 0 Å². The molecule has 56 heavy (non-hydrogen) atoms. The van der Waals surface area contributed by atoms with Crippen molar-refractivity contribution in [3.8, 4) is 0 Å². The van der Waals surface area contributed by atoms with Crippen LogP contribution in [0.15, 0.2) is 103 Å². The quantitative estimate of drug-likeness (QED) is 0.136. The first-order valence-corrected chi connectivity index (χ1v) is 20.3. The highest BCUT2D eigenvalue weighted by molar-refractivity contribution is 5.90. The Bertz CT molecular complexity index is 1780. The Morgan fingerprint density at radius 3 is 2.00 bits per heavy atom. The number of benzene rings is 3. The van der Waals surface area contributed by atoms with Crippen molar-refractivity contribution in [1.82, 2.24) is 25.3 Å². The van der Waals surface area contributed by atoms with E-state index in [9.17, 15) is 19.2 Å². The monoisotopic (exact) mass is 761 g/mol. The van der Waals surface area contributed by atoms with Crippen LogP contribution in [0.3, 0.4) is 0 Å². The van der Waals surface area contributed by atoms with Gasteiger partial charge in [0.15, 0.2) is 0 Å². The number of hydrogen-bond acceptors (Lipinski definition) is 8. The van der Waals surface area contributed by atoms with Crippen molar-refractivity contribution in [2.24, 2.45) is 11.5 Å². The summed E-state index contributed by atoms with van der Waals surface area (Å²) in [7, 11) is 0. The minimum atomic E-state index is -0.862. The van der Waals surface area contributed by atoms with E-state index in [1.165, 1.54) is 0 Å². The minimum Gasteiger partial charge on any atom is -0.359 e. The van der Waals surface area contributed by atoms with Crippen molar-refractivity contribution in [3.05, 3.63) is 120 Å². The van der Waals surface area contributed by atoms with E-state index < -0.39 is 30.1 Å². The normalized spacial score (nSPS) is 22.2. The smallest absolute Gasteiger partial charge is 0.245 e. The number of piperazine rings is 1. The van der Waals surface area contributed by atoms with E-state index in [2.05, 4.69) is 46.1 Å². The number of nitrogens with one attached hydrogen (secondary N) is 2. The van der Waals surface area contributed by atoms with E-state index >= 15 is 0 Å². The van der Waals surface area contributed by atoms with Gasteiger partial charge in [-0.15, -0.1) is 0 Å². The van der Waals surface area contributed by atoms with Gasteiger partial charge in [-0.05, 0) is 75.1 Å². The van der Waals surface area contributed by atoms with E-state index in [4.69, 9.17) is 11.5 Å². The molecule has 0 radical (unpaired) electrons. The summed E-state index contributed by atoms with van der Waals surface area (Å²) < 4.78 is 0. The van der Waals surface area contributed by atoms with Crippen molar-refractivity contribution in [3.63, 3.8) is 0 Å². The van der Waals surface area contributed by atoms with Crippen LogP contribution in [0.25, 0.3) is 0 Å². The largest absolute Gasteiger partial charge is 0.359 e. The van der Waals surface area contributed by atoms with E-state index in [0.29, 0.717) is 64.0 Å². The van der Waals surface area contributed by atoms with Crippen LogP contribution < -0.4 is 22.1 Å². The van der Waals surface area contributed by atoms with E-state index in [0.717, 1.165) is 42.4 Å². The SMILES string of the molecule is C=C1C(NC(=O)C(Cc2ccccc2)NC(=O)C(N)Cc2ccccc2)CC(C)N1C(CCCCN)C(=O)N1C2CC1CN(CC(=O)CCc1ccccc1)C2. The lowest BCUT2D eigenvalue weighted by molar-refractivity contribution is -0.160. The van der Waals surface area contributed by atoms with Crippen LogP contribution in [-0.2, 0) is 38.4 Å². The van der Waals surface area contributed by atoms with Gasteiger partial charge in [0, 0.05) is 49.8 Å². The maximum absolute atomic E-state index is 14.5. The molecule has 2 bridgehead atoms. The molecule has 6 N–H and O–H groups in total. The Labute approximate surface area is 331 Å². The van der Waals surface area contributed by atoms with Crippen molar-refractivity contribution in [2.75, 3.05) is 26.2 Å². The number of ketones is 1. The minimum absolute atomic E-state index is 0.0547. The van der Waals surface area contributed by atoms with Crippen LogP contribution in [0.2, 0.25) is 0 Å². The van der Waals surface area contributed by atoms with Gasteiger partial charge in [-0.3, -0.25) is 24.1 Å². The molecule has 4 aliphatic rings. The summed E-state index contributed by atoms with van der Waals surface area (Å²) in [4.78, 5) is 61.3. The molecule has 0 aromatic heterocycles. The Balaban J connectivity index is 1.09. The molecule has 4 fully saturated rings. The van der Waals surface area contributed by atoms with Gasteiger partial charge in [-0.1, -0.05) is 97.6 Å². The van der Waals surface area contributed by atoms with Crippen LogP contribution in [0.5, 0.6) is 0 Å². The molecule has 4 heterocycles. The molecule has 7 unspecified atom stereocenters. The van der Waals surface area contributed by atoms with Crippen molar-refractivity contribution in [1.29, 1.82) is 0 Å². The molecule has 7 rings (SSSR count). The lowest BCUT2D eigenvalue weighted by Gasteiger charge is -2.57.